The Hall–Kier alpha value is -2.58. The minimum atomic E-state index is -5.99. The number of alkyl halides is 6. The molecule has 0 bridgehead atoms. The van der Waals surface area contributed by atoms with E-state index in [1.165, 1.54) is 18.2 Å². The molecule has 24 heavy (non-hydrogen) atoms. The smallest absolute Gasteiger partial charge is 0.455 e. The number of hydrogen-bond acceptors (Lipinski definition) is 3. The van der Waals surface area contributed by atoms with Gasteiger partial charge in [0, 0.05) is 5.69 Å². The van der Waals surface area contributed by atoms with Crippen molar-refractivity contribution in [2.45, 2.75) is 18.3 Å². The SMILES string of the molecule is Nc1ccc(Oc2ccc(C(F)C(F)(F)C(F)(F)F)cc2)c(N)c1. The Balaban J connectivity index is 2.19. The molecule has 2 rings (SSSR count). The summed E-state index contributed by atoms with van der Waals surface area (Å²) in [6.07, 6.45) is -9.51. The number of hydrogen-bond donors (Lipinski definition) is 2. The molecular formula is C15H12F6N2O. The molecule has 0 heterocycles. The van der Waals surface area contributed by atoms with Crippen molar-refractivity contribution in [1.29, 1.82) is 0 Å². The van der Waals surface area contributed by atoms with Gasteiger partial charge in [0.25, 0.3) is 0 Å². The third-order valence-corrected chi connectivity index (χ3v) is 3.13. The first-order valence-corrected chi connectivity index (χ1v) is 6.54. The molecule has 0 amide bonds. The second-order valence-electron chi connectivity index (χ2n) is 4.95. The zero-order valence-electron chi connectivity index (χ0n) is 11.9. The van der Waals surface area contributed by atoms with Crippen LogP contribution in [0.25, 0.3) is 0 Å². The van der Waals surface area contributed by atoms with Crippen LogP contribution in [0.2, 0.25) is 0 Å². The van der Waals surface area contributed by atoms with Gasteiger partial charge in [0.15, 0.2) is 6.17 Å². The minimum absolute atomic E-state index is 0.0812. The summed E-state index contributed by atoms with van der Waals surface area (Å²) in [5, 5.41) is 0. The number of ether oxygens (including phenoxy) is 1. The van der Waals surface area contributed by atoms with Gasteiger partial charge in [-0.3, -0.25) is 0 Å². The summed E-state index contributed by atoms with van der Waals surface area (Å²) in [7, 11) is 0. The number of nitrogens with two attached hydrogens (primary N) is 2. The van der Waals surface area contributed by atoms with Crippen LogP contribution in [0.5, 0.6) is 11.5 Å². The first kappa shape index (κ1) is 17.8. The Bertz CT molecular complexity index is 715. The molecule has 2 aromatic rings. The van der Waals surface area contributed by atoms with Gasteiger partial charge in [-0.25, -0.2) is 4.39 Å². The number of benzene rings is 2. The summed E-state index contributed by atoms with van der Waals surface area (Å²) < 4.78 is 81.4. The van der Waals surface area contributed by atoms with E-state index in [2.05, 4.69) is 0 Å². The molecule has 1 atom stereocenters. The second kappa shape index (κ2) is 6.14. The third kappa shape index (κ3) is 3.50. The summed E-state index contributed by atoms with van der Waals surface area (Å²) in [6, 6.07) is 8.07. The van der Waals surface area contributed by atoms with E-state index in [0.717, 1.165) is 24.3 Å². The molecule has 130 valence electrons. The molecule has 0 fully saturated rings. The average Bonchev–Trinajstić information content (AvgIpc) is 2.49. The lowest BCUT2D eigenvalue weighted by Gasteiger charge is -2.23. The van der Waals surface area contributed by atoms with Gasteiger partial charge < -0.3 is 16.2 Å². The predicted molar refractivity (Wildman–Crippen MR) is 76.6 cm³/mol. The Morgan fingerprint density at radius 1 is 0.875 bits per heavy atom. The monoisotopic (exact) mass is 350 g/mol. The average molecular weight is 350 g/mol. The topological polar surface area (TPSA) is 61.3 Å². The van der Waals surface area contributed by atoms with Gasteiger partial charge in [-0.1, -0.05) is 12.1 Å². The van der Waals surface area contributed by atoms with Gasteiger partial charge in [0.05, 0.1) is 5.69 Å². The molecule has 0 aromatic heterocycles. The number of anilines is 2. The maximum atomic E-state index is 13.5. The van der Waals surface area contributed by atoms with E-state index in [4.69, 9.17) is 16.2 Å². The van der Waals surface area contributed by atoms with E-state index < -0.39 is 23.8 Å². The van der Waals surface area contributed by atoms with Gasteiger partial charge in [0.1, 0.15) is 11.5 Å². The van der Waals surface area contributed by atoms with E-state index in [-0.39, 0.29) is 17.2 Å². The Morgan fingerprint density at radius 2 is 1.46 bits per heavy atom. The van der Waals surface area contributed by atoms with Gasteiger partial charge in [-0.05, 0) is 35.9 Å². The molecular weight excluding hydrogens is 338 g/mol. The van der Waals surface area contributed by atoms with E-state index in [1.54, 1.807) is 0 Å². The Morgan fingerprint density at radius 3 is 1.96 bits per heavy atom. The molecule has 0 radical (unpaired) electrons. The van der Waals surface area contributed by atoms with Gasteiger partial charge >= 0.3 is 12.1 Å². The minimum Gasteiger partial charge on any atom is -0.455 e. The normalized spacial score (nSPS) is 13.6. The molecule has 0 aliphatic rings. The third-order valence-electron chi connectivity index (χ3n) is 3.13. The predicted octanol–water partition coefficient (Wildman–Crippen LogP) is 4.85. The quantitative estimate of drug-likeness (QED) is 0.612. The van der Waals surface area contributed by atoms with E-state index >= 15 is 0 Å². The van der Waals surface area contributed by atoms with Crippen LogP contribution in [0.15, 0.2) is 42.5 Å². The largest absolute Gasteiger partial charge is 0.456 e. The summed E-state index contributed by atoms with van der Waals surface area (Å²) >= 11 is 0. The highest BCUT2D eigenvalue weighted by atomic mass is 19.4. The molecule has 0 aliphatic carbocycles. The first-order valence-electron chi connectivity index (χ1n) is 6.54. The summed E-state index contributed by atoms with van der Waals surface area (Å²) in [4.78, 5) is 0. The van der Waals surface area contributed by atoms with E-state index in [9.17, 15) is 26.3 Å². The van der Waals surface area contributed by atoms with Crippen molar-refractivity contribution >= 4 is 11.4 Å². The Labute approximate surface area is 132 Å². The molecule has 9 heteroatoms. The zero-order chi connectivity index (χ0) is 18.1. The fourth-order valence-corrected chi connectivity index (χ4v) is 1.84. The van der Waals surface area contributed by atoms with Gasteiger partial charge in [-0.2, -0.15) is 22.0 Å². The molecule has 0 saturated heterocycles. The summed E-state index contributed by atoms with van der Waals surface area (Å²) in [6.45, 7) is 0. The number of halogens is 6. The van der Waals surface area contributed by atoms with Crippen molar-refractivity contribution in [2.24, 2.45) is 0 Å². The lowest BCUT2D eigenvalue weighted by Crippen LogP contribution is -2.40. The molecule has 1 unspecified atom stereocenters. The van der Waals surface area contributed by atoms with Crippen LogP contribution in [0.4, 0.5) is 37.7 Å². The maximum absolute atomic E-state index is 13.5. The van der Waals surface area contributed by atoms with Crippen LogP contribution < -0.4 is 16.2 Å². The van der Waals surface area contributed by atoms with Crippen LogP contribution >= 0.6 is 0 Å². The standard InChI is InChI=1S/C15H12F6N2O/c16-13(14(17,18)15(19,20)21)8-1-4-10(5-2-8)24-12-6-3-9(22)7-11(12)23/h1-7,13H,22-23H2. The fraction of sp³-hybridized carbons (Fsp3) is 0.200. The van der Waals surface area contributed by atoms with E-state index in [0.29, 0.717) is 5.69 Å². The van der Waals surface area contributed by atoms with Crippen molar-refractivity contribution in [3.8, 4) is 11.5 Å². The van der Waals surface area contributed by atoms with Gasteiger partial charge in [-0.15, -0.1) is 0 Å². The van der Waals surface area contributed by atoms with Crippen LogP contribution in [-0.4, -0.2) is 12.1 Å². The molecule has 0 saturated carbocycles. The highest BCUT2D eigenvalue weighted by Crippen LogP contribution is 2.46. The number of rotatable bonds is 4. The van der Waals surface area contributed by atoms with Crippen LogP contribution in [0.1, 0.15) is 11.7 Å². The van der Waals surface area contributed by atoms with Crippen molar-refractivity contribution in [2.75, 3.05) is 11.5 Å². The van der Waals surface area contributed by atoms with Crippen molar-refractivity contribution in [1.82, 2.24) is 0 Å². The summed E-state index contributed by atoms with van der Waals surface area (Å²) in [5.41, 5.74) is 10.9. The van der Waals surface area contributed by atoms with Gasteiger partial charge in [0.2, 0.25) is 0 Å². The second-order valence-corrected chi connectivity index (χ2v) is 4.95. The molecule has 4 N–H and O–H groups in total. The lowest BCUT2D eigenvalue weighted by atomic mass is 10.0. The first-order chi connectivity index (χ1) is 11.0. The van der Waals surface area contributed by atoms with Crippen molar-refractivity contribution in [3.05, 3.63) is 48.0 Å². The molecule has 3 nitrogen and oxygen atoms in total. The molecule has 0 spiro atoms. The van der Waals surface area contributed by atoms with Crippen LogP contribution in [0.3, 0.4) is 0 Å². The fourth-order valence-electron chi connectivity index (χ4n) is 1.84. The Kier molecular flexibility index (Phi) is 4.54. The summed E-state index contributed by atoms with van der Waals surface area (Å²) in [5.74, 6) is -5.20. The highest BCUT2D eigenvalue weighted by molar-refractivity contribution is 5.61. The molecule has 0 aliphatic heterocycles. The maximum Gasteiger partial charge on any atom is 0.456 e. The van der Waals surface area contributed by atoms with E-state index in [1.807, 2.05) is 0 Å². The van der Waals surface area contributed by atoms with Crippen LogP contribution in [-0.2, 0) is 0 Å². The highest BCUT2D eigenvalue weighted by Gasteiger charge is 2.63. The zero-order valence-corrected chi connectivity index (χ0v) is 11.9. The van der Waals surface area contributed by atoms with Crippen LogP contribution in [0, 0.1) is 0 Å². The van der Waals surface area contributed by atoms with Crippen molar-refractivity contribution in [3.63, 3.8) is 0 Å². The van der Waals surface area contributed by atoms with Crippen molar-refractivity contribution < 1.29 is 31.1 Å². The molecule has 2 aromatic carbocycles. The lowest BCUT2D eigenvalue weighted by molar-refractivity contribution is -0.305. The number of nitrogen functional groups attached to an aromatic ring is 2.